The van der Waals surface area contributed by atoms with E-state index in [0.29, 0.717) is 12.8 Å². The molecule has 6 nitrogen and oxygen atoms in total. The number of unbranched alkanes of at least 4 members (excludes halogenated alkanes) is 18. The van der Waals surface area contributed by atoms with E-state index in [1.54, 1.807) is 0 Å². The minimum absolute atomic E-state index is 0.0402. The van der Waals surface area contributed by atoms with Crippen LogP contribution in [-0.4, -0.2) is 34.2 Å². The molecule has 0 saturated carbocycles. The number of carboxylic acids is 2. The van der Waals surface area contributed by atoms with Crippen molar-refractivity contribution in [1.29, 1.82) is 0 Å². The van der Waals surface area contributed by atoms with Gasteiger partial charge in [0, 0.05) is 19.3 Å². The van der Waals surface area contributed by atoms with Gasteiger partial charge in [0.05, 0.1) is 6.10 Å². The van der Waals surface area contributed by atoms with Gasteiger partial charge < -0.3 is 14.9 Å². The van der Waals surface area contributed by atoms with Gasteiger partial charge in [-0.3, -0.25) is 14.4 Å². The SMILES string of the molecule is CCCCC(C)OC(=O)CCCCCCCCC(=O)O.CCCCCCCCCCCCCCCC(=O)O. The summed E-state index contributed by atoms with van der Waals surface area (Å²) in [5, 5.41) is 17.0. The molecule has 0 radical (unpaired) electrons. The first-order valence-electron chi connectivity index (χ1n) is 16.0. The van der Waals surface area contributed by atoms with Crippen molar-refractivity contribution in [2.45, 2.75) is 187 Å². The quantitative estimate of drug-likeness (QED) is 0.0791. The van der Waals surface area contributed by atoms with Crippen LogP contribution in [-0.2, 0) is 19.1 Å². The first-order valence-corrected chi connectivity index (χ1v) is 16.0. The Balaban J connectivity index is 0. The third-order valence-electron chi connectivity index (χ3n) is 6.81. The van der Waals surface area contributed by atoms with Crippen LogP contribution < -0.4 is 0 Å². The molecule has 0 aromatic heterocycles. The summed E-state index contributed by atoms with van der Waals surface area (Å²) < 4.78 is 5.32. The average Bonchev–Trinajstić information content (AvgIpc) is 2.87. The summed E-state index contributed by atoms with van der Waals surface area (Å²) in [5.41, 5.74) is 0. The fourth-order valence-electron chi connectivity index (χ4n) is 4.38. The maximum atomic E-state index is 11.5. The topological polar surface area (TPSA) is 101 Å². The lowest BCUT2D eigenvalue weighted by molar-refractivity contribution is -0.148. The predicted octanol–water partition coefficient (Wildman–Crippen LogP) is 9.87. The lowest BCUT2D eigenvalue weighted by atomic mass is 10.0. The van der Waals surface area contributed by atoms with Crippen LogP contribution in [0.4, 0.5) is 0 Å². The van der Waals surface area contributed by atoms with Crippen molar-refractivity contribution in [1.82, 2.24) is 0 Å². The summed E-state index contributed by atoms with van der Waals surface area (Å²) in [6, 6.07) is 0. The molecule has 0 aliphatic carbocycles. The van der Waals surface area contributed by atoms with E-state index in [0.717, 1.165) is 70.6 Å². The van der Waals surface area contributed by atoms with Gasteiger partial charge in [-0.15, -0.1) is 0 Å². The van der Waals surface area contributed by atoms with Crippen LogP contribution in [0.15, 0.2) is 0 Å². The number of hydrogen-bond donors (Lipinski definition) is 2. The molecule has 0 saturated heterocycles. The summed E-state index contributed by atoms with van der Waals surface area (Å²) >= 11 is 0. The van der Waals surface area contributed by atoms with Crippen LogP contribution >= 0.6 is 0 Å². The molecule has 0 aromatic carbocycles. The lowest BCUT2D eigenvalue weighted by Crippen LogP contribution is -2.14. The Morgan fingerprint density at radius 2 is 0.816 bits per heavy atom. The fraction of sp³-hybridized carbons (Fsp3) is 0.906. The zero-order chi connectivity index (χ0) is 28.7. The summed E-state index contributed by atoms with van der Waals surface area (Å²) in [7, 11) is 0. The average molecular weight is 543 g/mol. The number of carbonyl (C=O) groups excluding carboxylic acids is 1. The molecular weight excluding hydrogens is 480 g/mol. The fourth-order valence-corrected chi connectivity index (χ4v) is 4.38. The van der Waals surface area contributed by atoms with Crippen molar-refractivity contribution >= 4 is 17.9 Å². The Morgan fingerprint density at radius 3 is 1.16 bits per heavy atom. The number of ether oxygens (including phenoxy) is 1. The smallest absolute Gasteiger partial charge is 0.306 e. The predicted molar refractivity (Wildman–Crippen MR) is 158 cm³/mol. The highest BCUT2D eigenvalue weighted by Crippen LogP contribution is 2.13. The molecule has 0 aliphatic heterocycles. The van der Waals surface area contributed by atoms with Crippen LogP contribution in [0, 0.1) is 0 Å². The second-order valence-electron chi connectivity index (χ2n) is 10.8. The molecule has 226 valence electrons. The number of hydrogen-bond acceptors (Lipinski definition) is 4. The van der Waals surface area contributed by atoms with Crippen LogP contribution in [0.1, 0.15) is 181 Å². The first kappa shape index (κ1) is 38.6. The Morgan fingerprint density at radius 1 is 0.500 bits per heavy atom. The number of rotatable bonds is 27. The van der Waals surface area contributed by atoms with E-state index in [1.165, 1.54) is 70.6 Å². The molecule has 0 aromatic rings. The van der Waals surface area contributed by atoms with Gasteiger partial charge in [-0.05, 0) is 32.6 Å². The standard InChI is InChI=1S/C16H30O4.C16H32O2/c1-3-4-11-14(2)20-16(19)13-10-8-6-5-7-9-12-15(17)18;1-2-3-4-5-6-7-8-9-10-11-12-13-14-15-16(17)18/h14H,3-13H2,1-2H3,(H,17,18);2-15H2,1H3,(H,17,18). The molecule has 0 amide bonds. The monoisotopic (exact) mass is 542 g/mol. The highest BCUT2D eigenvalue weighted by Gasteiger charge is 2.08. The normalized spacial score (nSPS) is 11.4. The van der Waals surface area contributed by atoms with E-state index in [-0.39, 0.29) is 18.5 Å². The minimum Gasteiger partial charge on any atom is -0.481 e. The first-order chi connectivity index (χ1) is 18.3. The third-order valence-corrected chi connectivity index (χ3v) is 6.81. The van der Waals surface area contributed by atoms with Gasteiger partial charge in [0.25, 0.3) is 0 Å². The van der Waals surface area contributed by atoms with E-state index >= 15 is 0 Å². The van der Waals surface area contributed by atoms with Gasteiger partial charge in [-0.2, -0.15) is 0 Å². The Kier molecular flexibility index (Phi) is 32.1. The van der Waals surface area contributed by atoms with Gasteiger partial charge in [-0.1, -0.05) is 129 Å². The Hall–Kier alpha value is -1.59. The van der Waals surface area contributed by atoms with Crippen molar-refractivity contribution in [2.75, 3.05) is 0 Å². The van der Waals surface area contributed by atoms with Crippen LogP contribution in [0.25, 0.3) is 0 Å². The molecule has 0 bridgehead atoms. The molecule has 6 heteroatoms. The summed E-state index contributed by atoms with van der Waals surface area (Å²) in [5.74, 6) is -1.46. The van der Waals surface area contributed by atoms with Crippen molar-refractivity contribution < 1.29 is 29.3 Å². The molecule has 0 fully saturated rings. The van der Waals surface area contributed by atoms with Gasteiger partial charge in [0.2, 0.25) is 0 Å². The van der Waals surface area contributed by atoms with Gasteiger partial charge in [-0.25, -0.2) is 0 Å². The summed E-state index contributed by atoms with van der Waals surface area (Å²) in [4.78, 5) is 32.2. The zero-order valence-corrected chi connectivity index (χ0v) is 25.3. The van der Waals surface area contributed by atoms with Crippen LogP contribution in [0.2, 0.25) is 0 Å². The molecule has 0 heterocycles. The molecule has 1 unspecified atom stereocenters. The Labute approximate surface area is 234 Å². The van der Waals surface area contributed by atoms with Gasteiger partial charge in [0.15, 0.2) is 0 Å². The third kappa shape index (κ3) is 36.6. The molecular formula is C32H62O6. The maximum absolute atomic E-state index is 11.5. The van der Waals surface area contributed by atoms with Gasteiger partial charge in [0.1, 0.15) is 0 Å². The van der Waals surface area contributed by atoms with E-state index in [9.17, 15) is 14.4 Å². The van der Waals surface area contributed by atoms with E-state index in [2.05, 4.69) is 13.8 Å². The molecule has 0 rings (SSSR count). The summed E-state index contributed by atoms with van der Waals surface area (Å²) in [6.45, 7) is 6.34. The van der Waals surface area contributed by atoms with Crippen molar-refractivity contribution in [3.05, 3.63) is 0 Å². The van der Waals surface area contributed by atoms with Crippen molar-refractivity contribution in [3.8, 4) is 0 Å². The summed E-state index contributed by atoms with van der Waals surface area (Å²) in [6.07, 6.45) is 27.0. The number of carbonyl (C=O) groups is 3. The zero-order valence-electron chi connectivity index (χ0n) is 25.3. The van der Waals surface area contributed by atoms with Crippen molar-refractivity contribution in [3.63, 3.8) is 0 Å². The van der Waals surface area contributed by atoms with E-state index < -0.39 is 11.9 Å². The largest absolute Gasteiger partial charge is 0.481 e. The second kappa shape index (κ2) is 31.6. The highest BCUT2D eigenvalue weighted by atomic mass is 16.5. The van der Waals surface area contributed by atoms with E-state index in [4.69, 9.17) is 14.9 Å². The van der Waals surface area contributed by atoms with Crippen molar-refractivity contribution in [2.24, 2.45) is 0 Å². The highest BCUT2D eigenvalue weighted by molar-refractivity contribution is 5.69. The van der Waals surface area contributed by atoms with Crippen LogP contribution in [0.5, 0.6) is 0 Å². The molecule has 0 aliphatic rings. The molecule has 38 heavy (non-hydrogen) atoms. The van der Waals surface area contributed by atoms with Gasteiger partial charge >= 0.3 is 17.9 Å². The second-order valence-corrected chi connectivity index (χ2v) is 10.8. The number of aliphatic carboxylic acids is 2. The van der Waals surface area contributed by atoms with Crippen LogP contribution in [0.3, 0.4) is 0 Å². The molecule has 2 N–H and O–H groups in total. The number of esters is 1. The maximum Gasteiger partial charge on any atom is 0.306 e. The Bertz CT molecular complexity index is 534. The van der Waals surface area contributed by atoms with E-state index in [1.807, 2.05) is 6.92 Å². The molecule has 1 atom stereocenters. The minimum atomic E-state index is -0.718. The number of carboxylic acid groups (broad SMARTS) is 2. The lowest BCUT2D eigenvalue weighted by Gasteiger charge is -2.12. The molecule has 0 spiro atoms.